The second-order valence-electron chi connectivity index (χ2n) is 10.3. The van der Waals surface area contributed by atoms with Crippen LogP contribution in [0.5, 0.6) is 5.75 Å². The molecule has 4 aromatic rings. The number of nitrogens with zero attached hydrogens (tertiary/aromatic N) is 5. The Balaban J connectivity index is 1.43. The van der Waals surface area contributed by atoms with Gasteiger partial charge in [-0.25, -0.2) is 15.0 Å². The van der Waals surface area contributed by atoms with Crippen LogP contribution in [0.4, 0.5) is 0 Å². The summed E-state index contributed by atoms with van der Waals surface area (Å²) in [7, 11) is 3.56. The number of aliphatic hydroxyl groups is 1. The van der Waals surface area contributed by atoms with Crippen molar-refractivity contribution in [3.8, 4) is 17.0 Å². The average molecular weight is 520 g/mol. The van der Waals surface area contributed by atoms with E-state index in [1.165, 1.54) is 0 Å². The van der Waals surface area contributed by atoms with E-state index in [0.717, 1.165) is 59.5 Å². The molecule has 9 heteroatoms. The standard InChI is InChI=1S/C28H33N5O3S/c1-17-30-19(16-37-17)12-18-7-10-33(11-8-18)26(34)21-13-20-22(15-32(4)24(20)14-25(21)36-5)23-6-9-29-27(31-23)28(2,3)35/h6,9,13-16,18,35H,7-8,10-12H2,1-5H3. The number of carbonyl (C=O) groups excluding carboxylic acids is 1. The molecule has 5 rings (SSSR count). The Morgan fingerprint density at radius 2 is 2.00 bits per heavy atom. The third kappa shape index (κ3) is 5.10. The van der Waals surface area contributed by atoms with Gasteiger partial charge in [-0.3, -0.25) is 4.79 Å². The van der Waals surface area contributed by atoms with Crippen molar-refractivity contribution in [3.05, 3.63) is 58.1 Å². The number of likely N-dealkylation sites (tertiary alicyclic amines) is 1. The molecule has 0 bridgehead atoms. The molecular formula is C28H33N5O3S. The number of ether oxygens (including phenoxy) is 1. The van der Waals surface area contributed by atoms with Gasteiger partial charge in [0.2, 0.25) is 0 Å². The van der Waals surface area contributed by atoms with E-state index >= 15 is 0 Å². The van der Waals surface area contributed by atoms with Crippen LogP contribution in [-0.4, -0.2) is 55.6 Å². The molecule has 0 saturated carbocycles. The van der Waals surface area contributed by atoms with E-state index in [-0.39, 0.29) is 5.91 Å². The number of hydrogen-bond acceptors (Lipinski definition) is 7. The Bertz CT molecular complexity index is 1440. The zero-order valence-corrected chi connectivity index (χ0v) is 22.8. The highest BCUT2D eigenvalue weighted by molar-refractivity contribution is 7.09. The van der Waals surface area contributed by atoms with Crippen LogP contribution in [0.2, 0.25) is 0 Å². The van der Waals surface area contributed by atoms with Gasteiger partial charge in [-0.05, 0) is 58.1 Å². The Kier molecular flexibility index (Phi) is 6.76. The van der Waals surface area contributed by atoms with Crippen LogP contribution in [-0.2, 0) is 19.1 Å². The highest BCUT2D eigenvalue weighted by Gasteiger charge is 2.28. The zero-order chi connectivity index (χ0) is 26.3. The Labute approximate surface area is 221 Å². The van der Waals surface area contributed by atoms with Gasteiger partial charge in [0.25, 0.3) is 5.91 Å². The van der Waals surface area contributed by atoms with E-state index in [1.807, 2.05) is 47.8 Å². The van der Waals surface area contributed by atoms with Crippen LogP contribution in [0.15, 0.2) is 36.0 Å². The molecule has 8 nitrogen and oxygen atoms in total. The summed E-state index contributed by atoms with van der Waals surface area (Å²) in [6, 6.07) is 5.66. The zero-order valence-electron chi connectivity index (χ0n) is 22.0. The summed E-state index contributed by atoms with van der Waals surface area (Å²) < 4.78 is 7.67. The van der Waals surface area contributed by atoms with Crippen molar-refractivity contribution in [1.29, 1.82) is 0 Å². The Morgan fingerprint density at radius 1 is 1.24 bits per heavy atom. The topological polar surface area (TPSA) is 93.4 Å². The van der Waals surface area contributed by atoms with E-state index in [2.05, 4.69) is 20.3 Å². The molecule has 0 spiro atoms. The van der Waals surface area contributed by atoms with Gasteiger partial charge in [-0.2, -0.15) is 0 Å². The van der Waals surface area contributed by atoms with Gasteiger partial charge < -0.3 is 19.3 Å². The molecule has 37 heavy (non-hydrogen) atoms. The maximum absolute atomic E-state index is 13.7. The lowest BCUT2D eigenvalue weighted by molar-refractivity contribution is 0.0681. The smallest absolute Gasteiger partial charge is 0.257 e. The number of amides is 1. The number of aryl methyl sites for hydroxylation is 2. The summed E-state index contributed by atoms with van der Waals surface area (Å²) in [5, 5.41) is 14.6. The van der Waals surface area contributed by atoms with Crippen LogP contribution < -0.4 is 4.74 Å². The van der Waals surface area contributed by atoms with Crippen molar-refractivity contribution in [3.63, 3.8) is 0 Å². The number of fused-ring (bicyclic) bond motifs is 1. The number of piperidine rings is 1. The van der Waals surface area contributed by atoms with Crippen molar-refractivity contribution in [2.24, 2.45) is 13.0 Å². The molecular weight excluding hydrogens is 486 g/mol. The number of aromatic nitrogens is 4. The monoisotopic (exact) mass is 519 g/mol. The largest absolute Gasteiger partial charge is 0.496 e. The number of methoxy groups -OCH3 is 1. The minimum atomic E-state index is -1.16. The highest BCUT2D eigenvalue weighted by atomic mass is 32.1. The molecule has 1 fully saturated rings. The molecule has 1 saturated heterocycles. The normalized spacial score (nSPS) is 14.9. The molecule has 1 N–H and O–H groups in total. The molecule has 0 aliphatic carbocycles. The van der Waals surface area contributed by atoms with E-state index in [0.29, 0.717) is 28.7 Å². The van der Waals surface area contributed by atoms with E-state index in [4.69, 9.17) is 4.74 Å². The summed E-state index contributed by atoms with van der Waals surface area (Å²) >= 11 is 1.69. The summed E-state index contributed by atoms with van der Waals surface area (Å²) in [5.41, 5.74) is 3.05. The van der Waals surface area contributed by atoms with Gasteiger partial charge in [0.05, 0.1) is 34.6 Å². The number of benzene rings is 1. The third-order valence-corrected chi connectivity index (χ3v) is 7.91. The maximum atomic E-state index is 13.7. The van der Waals surface area contributed by atoms with Gasteiger partial charge in [0, 0.05) is 54.9 Å². The second kappa shape index (κ2) is 9.87. The molecule has 194 valence electrons. The molecule has 1 aromatic carbocycles. The number of rotatable bonds is 6. The second-order valence-corrected chi connectivity index (χ2v) is 11.4. The third-order valence-electron chi connectivity index (χ3n) is 7.09. The fourth-order valence-corrected chi connectivity index (χ4v) is 5.69. The number of thiazole rings is 1. The van der Waals surface area contributed by atoms with Crippen LogP contribution in [0.25, 0.3) is 22.2 Å². The first-order valence-corrected chi connectivity index (χ1v) is 13.5. The molecule has 1 amide bonds. The molecule has 4 heterocycles. The van der Waals surface area contributed by atoms with E-state index in [1.54, 1.807) is 38.5 Å². The summed E-state index contributed by atoms with van der Waals surface area (Å²) in [6.45, 7) is 6.80. The maximum Gasteiger partial charge on any atom is 0.257 e. The fraction of sp³-hybridized carbons (Fsp3) is 0.429. The SMILES string of the molecule is COc1cc2c(cc1C(=O)N1CCC(Cc3csc(C)n3)CC1)c(-c1ccnc(C(C)(C)O)n1)cn2C. The number of hydrogen-bond donors (Lipinski definition) is 1. The number of carbonyl (C=O) groups is 1. The van der Waals surface area contributed by atoms with Crippen LogP contribution in [0.3, 0.4) is 0 Å². The van der Waals surface area contributed by atoms with Crippen molar-refractivity contribution in [1.82, 2.24) is 24.4 Å². The predicted octanol–water partition coefficient (Wildman–Crippen LogP) is 4.73. The molecule has 1 aliphatic heterocycles. The van der Waals surface area contributed by atoms with E-state index in [9.17, 15) is 9.90 Å². The fourth-order valence-electron chi connectivity index (χ4n) is 5.06. The van der Waals surface area contributed by atoms with Gasteiger partial charge in [-0.1, -0.05) is 0 Å². The Morgan fingerprint density at radius 3 is 2.65 bits per heavy atom. The average Bonchev–Trinajstić information content (AvgIpc) is 3.44. The quantitative estimate of drug-likeness (QED) is 0.396. The first kappa shape index (κ1) is 25.4. The van der Waals surface area contributed by atoms with Crippen LogP contribution in [0, 0.1) is 12.8 Å². The Hall–Kier alpha value is -3.30. The van der Waals surface area contributed by atoms with Gasteiger partial charge >= 0.3 is 0 Å². The van der Waals surface area contributed by atoms with E-state index < -0.39 is 5.60 Å². The van der Waals surface area contributed by atoms with Crippen LogP contribution in [0.1, 0.15) is 53.6 Å². The lowest BCUT2D eigenvalue weighted by Gasteiger charge is -2.32. The summed E-state index contributed by atoms with van der Waals surface area (Å²) in [5.74, 6) is 1.43. The molecule has 0 unspecified atom stereocenters. The minimum absolute atomic E-state index is 0.0172. The lowest BCUT2D eigenvalue weighted by atomic mass is 9.92. The molecule has 3 aromatic heterocycles. The molecule has 0 atom stereocenters. The van der Waals surface area contributed by atoms with Gasteiger partial charge in [-0.15, -0.1) is 11.3 Å². The molecule has 1 aliphatic rings. The van der Waals surface area contributed by atoms with Gasteiger partial charge in [0.15, 0.2) is 5.82 Å². The van der Waals surface area contributed by atoms with Crippen molar-refractivity contribution in [2.75, 3.05) is 20.2 Å². The van der Waals surface area contributed by atoms with Gasteiger partial charge in [0.1, 0.15) is 11.4 Å². The minimum Gasteiger partial charge on any atom is -0.496 e. The van der Waals surface area contributed by atoms with Crippen molar-refractivity contribution in [2.45, 2.75) is 45.6 Å². The van der Waals surface area contributed by atoms with Crippen molar-refractivity contribution >= 4 is 28.1 Å². The summed E-state index contributed by atoms with van der Waals surface area (Å²) in [6.07, 6.45) is 6.54. The molecule has 0 radical (unpaired) electrons. The summed E-state index contributed by atoms with van der Waals surface area (Å²) in [4.78, 5) is 29.1. The highest BCUT2D eigenvalue weighted by Crippen LogP contribution is 2.35. The lowest BCUT2D eigenvalue weighted by Crippen LogP contribution is -2.39. The van der Waals surface area contributed by atoms with Crippen LogP contribution >= 0.6 is 11.3 Å². The first-order valence-electron chi connectivity index (χ1n) is 12.6. The first-order chi connectivity index (χ1) is 17.6. The predicted molar refractivity (Wildman–Crippen MR) is 145 cm³/mol. The van der Waals surface area contributed by atoms with Crippen molar-refractivity contribution < 1.29 is 14.6 Å².